The van der Waals surface area contributed by atoms with E-state index in [1.165, 1.54) is 18.4 Å². The van der Waals surface area contributed by atoms with Crippen LogP contribution in [0, 0.1) is 11.6 Å². The van der Waals surface area contributed by atoms with Crippen LogP contribution in [0.1, 0.15) is 18.4 Å². The molecule has 1 aromatic heterocycles. The lowest BCUT2D eigenvalue weighted by Crippen LogP contribution is -2.51. The highest BCUT2D eigenvalue weighted by molar-refractivity contribution is 7.90. The van der Waals surface area contributed by atoms with E-state index in [0.717, 1.165) is 32.6 Å². The van der Waals surface area contributed by atoms with Crippen LogP contribution < -0.4 is 16.6 Å². The lowest BCUT2D eigenvalue weighted by atomic mass is 10.0. The molecule has 2 aliphatic heterocycles. The number of piperidine rings is 1. The molecule has 1 unspecified atom stereocenters. The minimum atomic E-state index is -1.33. The number of anilines is 1. The first kappa shape index (κ1) is 29.5. The molecule has 5 rings (SSSR count). The molecule has 1 N–H and O–H groups in total. The Labute approximate surface area is 243 Å². The lowest BCUT2D eigenvalue weighted by molar-refractivity contribution is -0.133. The van der Waals surface area contributed by atoms with Gasteiger partial charge in [0.1, 0.15) is 12.3 Å². The molecule has 0 aliphatic carbocycles. The van der Waals surface area contributed by atoms with Gasteiger partial charge < -0.3 is 19.7 Å². The molecule has 0 saturated carbocycles. The highest BCUT2D eigenvalue weighted by Gasteiger charge is 2.31. The summed E-state index contributed by atoms with van der Waals surface area (Å²) in [6, 6.07) is 10.8. The Morgan fingerprint density at radius 2 is 1.76 bits per heavy atom. The Morgan fingerprint density at radius 3 is 2.50 bits per heavy atom. The molecule has 3 aromatic rings. The number of hydrogen-bond acceptors (Lipinski definition) is 5. The van der Waals surface area contributed by atoms with Gasteiger partial charge in [0.25, 0.3) is 5.56 Å². The monoisotopic (exact) mass is 599 g/mol. The van der Waals surface area contributed by atoms with E-state index in [-0.39, 0.29) is 35.5 Å². The third-order valence-electron chi connectivity index (χ3n) is 7.79. The second kappa shape index (κ2) is 12.5. The summed E-state index contributed by atoms with van der Waals surface area (Å²) >= 11 is -1.33. The fourth-order valence-electron chi connectivity index (χ4n) is 5.49. The van der Waals surface area contributed by atoms with Crippen LogP contribution in [0.5, 0.6) is 0 Å². The Balaban J connectivity index is 1.33. The van der Waals surface area contributed by atoms with Gasteiger partial charge in [-0.05, 0) is 37.0 Å². The van der Waals surface area contributed by atoms with Crippen LogP contribution in [-0.4, -0.2) is 73.1 Å². The average Bonchev–Trinajstić information content (AvgIpc) is 3.14. The topological polar surface area (TPSA) is 120 Å². The molecule has 3 amide bonds. The van der Waals surface area contributed by atoms with E-state index in [9.17, 15) is 32.5 Å². The van der Waals surface area contributed by atoms with Crippen molar-refractivity contribution in [1.29, 1.82) is 0 Å². The molecule has 42 heavy (non-hydrogen) atoms. The number of likely N-dealkylation sites (tertiary alicyclic amines) is 1. The SMILES string of the molecule is C[S+]([O-])CCn1c(=O)c(-c2cccc(F)c2F)cn(CC(=O)N2CCC(N3CCc4ccccc4NC3=O)CC2)c1=O. The second-order valence-electron chi connectivity index (χ2n) is 10.4. The highest BCUT2D eigenvalue weighted by atomic mass is 32.2. The zero-order valence-electron chi connectivity index (χ0n) is 23.1. The van der Waals surface area contributed by atoms with Crippen molar-refractivity contribution in [2.75, 3.05) is 37.0 Å². The van der Waals surface area contributed by atoms with E-state index >= 15 is 0 Å². The molecule has 13 heteroatoms. The summed E-state index contributed by atoms with van der Waals surface area (Å²) in [6.45, 7) is 0.624. The minimum absolute atomic E-state index is 0.0130. The molecule has 3 heterocycles. The first-order valence-electron chi connectivity index (χ1n) is 13.7. The van der Waals surface area contributed by atoms with E-state index in [1.807, 2.05) is 24.3 Å². The van der Waals surface area contributed by atoms with Gasteiger partial charge in [0.05, 0.1) is 18.4 Å². The molecule has 0 radical (unpaired) electrons. The Kier molecular flexibility index (Phi) is 8.78. The quantitative estimate of drug-likeness (QED) is 0.419. The number of benzene rings is 2. The van der Waals surface area contributed by atoms with E-state index < -0.39 is 46.5 Å². The van der Waals surface area contributed by atoms with E-state index in [1.54, 1.807) is 9.80 Å². The largest absolute Gasteiger partial charge is 0.617 e. The van der Waals surface area contributed by atoms with Gasteiger partial charge in [-0.15, -0.1) is 0 Å². The number of amides is 3. The van der Waals surface area contributed by atoms with Gasteiger partial charge in [0.15, 0.2) is 11.6 Å². The third-order valence-corrected chi connectivity index (χ3v) is 8.54. The van der Waals surface area contributed by atoms with E-state index in [0.29, 0.717) is 38.9 Å². The number of carbonyl (C=O) groups excluding carboxylic acids is 2. The Bertz CT molecular complexity index is 1620. The predicted molar refractivity (Wildman–Crippen MR) is 155 cm³/mol. The fraction of sp³-hybridized carbons (Fsp3) is 0.379. The molecule has 222 valence electrons. The van der Waals surface area contributed by atoms with Crippen LogP contribution in [0.2, 0.25) is 0 Å². The molecule has 2 aliphatic rings. The molecule has 2 aromatic carbocycles. The summed E-state index contributed by atoms with van der Waals surface area (Å²) < 4.78 is 42.1. The number of nitrogens with one attached hydrogen (secondary N) is 1. The minimum Gasteiger partial charge on any atom is -0.617 e. The summed E-state index contributed by atoms with van der Waals surface area (Å²) in [6.07, 6.45) is 4.30. The van der Waals surface area contributed by atoms with Gasteiger partial charge in [0, 0.05) is 43.1 Å². The van der Waals surface area contributed by atoms with Crippen LogP contribution in [0.15, 0.2) is 58.3 Å². The van der Waals surface area contributed by atoms with Crippen LogP contribution in [0.25, 0.3) is 11.1 Å². The number of aromatic nitrogens is 2. The molecule has 1 atom stereocenters. The molecule has 0 bridgehead atoms. The van der Waals surface area contributed by atoms with E-state index in [2.05, 4.69) is 5.32 Å². The van der Waals surface area contributed by atoms with Crippen LogP contribution in [-0.2, 0) is 35.5 Å². The van der Waals surface area contributed by atoms with Gasteiger partial charge in [-0.2, -0.15) is 0 Å². The third kappa shape index (κ3) is 6.12. The van der Waals surface area contributed by atoms with Crippen molar-refractivity contribution in [1.82, 2.24) is 18.9 Å². The average molecular weight is 600 g/mol. The zero-order valence-corrected chi connectivity index (χ0v) is 23.9. The number of fused-ring (bicyclic) bond motifs is 1. The van der Waals surface area contributed by atoms with Crippen LogP contribution >= 0.6 is 0 Å². The Morgan fingerprint density at radius 1 is 1.02 bits per heavy atom. The van der Waals surface area contributed by atoms with Crippen molar-refractivity contribution in [2.45, 2.75) is 38.4 Å². The fourth-order valence-corrected chi connectivity index (χ4v) is 5.93. The second-order valence-corrected chi connectivity index (χ2v) is 12.0. The standard InChI is InChI=1S/C29H31F2N5O5S/c1-42(41)16-15-36-27(38)22(21-6-4-7-23(30)26(21)31)17-34(29(36)40)18-25(37)33-12-10-20(11-13-33)35-14-9-19-5-2-3-8-24(19)32-28(35)39/h2-8,17,20H,9-16,18H2,1H3,(H,32,39). The molecule has 0 spiro atoms. The highest BCUT2D eigenvalue weighted by Crippen LogP contribution is 2.25. The zero-order chi connectivity index (χ0) is 30.0. The van der Waals surface area contributed by atoms with Crippen LogP contribution in [0.3, 0.4) is 0 Å². The number of rotatable bonds is 7. The normalized spacial score (nSPS) is 16.5. The number of nitrogens with zero attached hydrogens (tertiary/aromatic N) is 4. The van der Waals surface area contributed by atoms with Crippen molar-refractivity contribution in [3.63, 3.8) is 0 Å². The number of carbonyl (C=O) groups is 2. The number of para-hydroxylation sites is 1. The number of urea groups is 1. The van der Waals surface area contributed by atoms with Gasteiger partial charge in [-0.3, -0.25) is 18.7 Å². The van der Waals surface area contributed by atoms with E-state index in [4.69, 9.17) is 0 Å². The Hall–Kier alpha value is -3.97. The molecule has 10 nitrogen and oxygen atoms in total. The van der Waals surface area contributed by atoms with Crippen molar-refractivity contribution in [2.24, 2.45) is 0 Å². The first-order valence-corrected chi connectivity index (χ1v) is 15.4. The van der Waals surface area contributed by atoms with Gasteiger partial charge in [-0.25, -0.2) is 18.4 Å². The smallest absolute Gasteiger partial charge is 0.331 e. The molecular formula is C29H31F2N5O5S. The maximum Gasteiger partial charge on any atom is 0.331 e. The lowest BCUT2D eigenvalue weighted by Gasteiger charge is -2.38. The first-order chi connectivity index (χ1) is 20.1. The maximum atomic E-state index is 14.7. The maximum absolute atomic E-state index is 14.7. The van der Waals surface area contributed by atoms with Crippen molar-refractivity contribution < 1.29 is 22.9 Å². The number of halogens is 2. The van der Waals surface area contributed by atoms with Gasteiger partial charge in [0.2, 0.25) is 5.91 Å². The summed E-state index contributed by atoms with van der Waals surface area (Å²) in [5, 5.41) is 2.97. The predicted octanol–water partition coefficient (Wildman–Crippen LogP) is 2.41. The summed E-state index contributed by atoms with van der Waals surface area (Å²) in [7, 11) is 0. The van der Waals surface area contributed by atoms with Crippen LogP contribution in [0.4, 0.5) is 19.3 Å². The summed E-state index contributed by atoms with van der Waals surface area (Å²) in [4.78, 5) is 56.0. The molecular weight excluding hydrogens is 568 g/mol. The summed E-state index contributed by atoms with van der Waals surface area (Å²) in [5.41, 5.74) is -0.436. The molecule has 1 saturated heterocycles. The van der Waals surface area contributed by atoms with Crippen molar-refractivity contribution >= 4 is 28.8 Å². The van der Waals surface area contributed by atoms with Crippen molar-refractivity contribution in [3.8, 4) is 11.1 Å². The number of hydrogen-bond donors (Lipinski definition) is 1. The van der Waals surface area contributed by atoms with Crippen molar-refractivity contribution in [3.05, 3.63) is 86.7 Å². The van der Waals surface area contributed by atoms with Gasteiger partial charge >= 0.3 is 11.7 Å². The van der Waals surface area contributed by atoms with Gasteiger partial charge in [-0.1, -0.05) is 41.5 Å². The summed E-state index contributed by atoms with van der Waals surface area (Å²) in [5.74, 6) is -2.81. The molecule has 1 fully saturated rings.